The maximum absolute atomic E-state index is 11.1. The molecular weight excluding hydrogens is 280 g/mol. The zero-order chi connectivity index (χ0) is 14.5. The van der Waals surface area contributed by atoms with Crippen LogP contribution in [-0.2, 0) is 16.1 Å². The van der Waals surface area contributed by atoms with Crippen LogP contribution in [-0.4, -0.2) is 48.8 Å². The molecule has 1 aliphatic rings. The van der Waals surface area contributed by atoms with Crippen molar-refractivity contribution in [2.24, 2.45) is 5.73 Å². The lowest BCUT2D eigenvalue weighted by molar-refractivity contribution is -0.138. The largest absolute Gasteiger partial charge is 0.481 e. The average molecular weight is 299 g/mol. The molecule has 3 N–H and O–H groups in total. The van der Waals surface area contributed by atoms with Gasteiger partial charge in [0.15, 0.2) is 0 Å². The van der Waals surface area contributed by atoms with Crippen molar-refractivity contribution < 1.29 is 14.6 Å². The fraction of sp³-hybridized carbons (Fsp3) is 0.500. The predicted molar refractivity (Wildman–Crippen MR) is 77.0 cm³/mol. The van der Waals surface area contributed by atoms with Crippen LogP contribution < -0.4 is 5.73 Å². The molecule has 1 atom stereocenters. The number of carboxylic acids is 1. The van der Waals surface area contributed by atoms with Crippen molar-refractivity contribution in [3.8, 4) is 0 Å². The second-order valence-corrected chi connectivity index (χ2v) is 5.27. The molecule has 1 heterocycles. The van der Waals surface area contributed by atoms with E-state index in [1.807, 2.05) is 6.07 Å². The number of benzene rings is 1. The van der Waals surface area contributed by atoms with Gasteiger partial charge < -0.3 is 15.6 Å². The summed E-state index contributed by atoms with van der Waals surface area (Å²) in [6.07, 6.45) is 0. The van der Waals surface area contributed by atoms with E-state index in [1.54, 1.807) is 12.1 Å². The predicted octanol–water partition coefficient (Wildman–Crippen LogP) is 1.30. The van der Waals surface area contributed by atoms with E-state index in [1.165, 1.54) is 0 Å². The van der Waals surface area contributed by atoms with Crippen LogP contribution in [0, 0.1) is 0 Å². The van der Waals surface area contributed by atoms with Gasteiger partial charge in [-0.05, 0) is 17.2 Å². The number of aliphatic carboxylic acids is 1. The lowest BCUT2D eigenvalue weighted by Crippen LogP contribution is -2.35. The number of nitrogens with zero attached hydrogens (tertiary/aromatic N) is 1. The lowest BCUT2D eigenvalue weighted by atomic mass is 9.98. The third-order valence-electron chi connectivity index (χ3n) is 3.51. The highest BCUT2D eigenvalue weighted by Crippen LogP contribution is 2.24. The average Bonchev–Trinajstić information content (AvgIpc) is 2.43. The fourth-order valence-corrected chi connectivity index (χ4v) is 2.54. The van der Waals surface area contributed by atoms with Crippen molar-refractivity contribution in [2.45, 2.75) is 12.5 Å². The lowest BCUT2D eigenvalue weighted by Gasteiger charge is -2.27. The monoisotopic (exact) mass is 298 g/mol. The summed E-state index contributed by atoms with van der Waals surface area (Å²) in [5.41, 5.74) is 7.14. The molecule has 0 aliphatic carbocycles. The van der Waals surface area contributed by atoms with E-state index in [0.717, 1.165) is 38.4 Å². The minimum absolute atomic E-state index is 0.0640. The summed E-state index contributed by atoms with van der Waals surface area (Å²) in [4.78, 5) is 13.4. The quantitative estimate of drug-likeness (QED) is 0.857. The van der Waals surface area contributed by atoms with Gasteiger partial charge in [0, 0.05) is 31.2 Å². The number of rotatable bonds is 5. The second-order valence-electron chi connectivity index (χ2n) is 4.87. The van der Waals surface area contributed by atoms with E-state index >= 15 is 0 Å². The van der Waals surface area contributed by atoms with Crippen LogP contribution in [0.15, 0.2) is 18.2 Å². The van der Waals surface area contributed by atoms with Gasteiger partial charge in [-0.2, -0.15) is 0 Å². The van der Waals surface area contributed by atoms with Gasteiger partial charge in [-0.1, -0.05) is 23.7 Å². The second kappa shape index (κ2) is 7.04. The molecule has 1 aliphatic heterocycles. The van der Waals surface area contributed by atoms with Crippen molar-refractivity contribution in [3.63, 3.8) is 0 Å². The maximum atomic E-state index is 11.1. The van der Waals surface area contributed by atoms with Crippen molar-refractivity contribution >= 4 is 17.6 Å². The molecule has 1 unspecified atom stereocenters. The van der Waals surface area contributed by atoms with Crippen molar-refractivity contribution in [1.82, 2.24) is 4.90 Å². The van der Waals surface area contributed by atoms with Gasteiger partial charge in [0.1, 0.15) is 0 Å². The molecule has 0 radical (unpaired) electrons. The Morgan fingerprint density at radius 1 is 1.45 bits per heavy atom. The smallest absolute Gasteiger partial charge is 0.312 e. The van der Waals surface area contributed by atoms with E-state index < -0.39 is 11.9 Å². The summed E-state index contributed by atoms with van der Waals surface area (Å²) >= 11 is 6.26. The molecule has 1 aromatic rings. The molecule has 0 aromatic heterocycles. The number of morpholine rings is 1. The van der Waals surface area contributed by atoms with Crippen molar-refractivity contribution in [2.75, 3.05) is 32.8 Å². The summed E-state index contributed by atoms with van der Waals surface area (Å²) in [5.74, 6) is -1.63. The summed E-state index contributed by atoms with van der Waals surface area (Å²) in [6.45, 7) is 4.07. The minimum Gasteiger partial charge on any atom is -0.481 e. The van der Waals surface area contributed by atoms with Gasteiger partial charge in [0.2, 0.25) is 0 Å². The Labute approximate surface area is 123 Å². The molecule has 20 heavy (non-hydrogen) atoms. The summed E-state index contributed by atoms with van der Waals surface area (Å²) in [5, 5.41) is 9.69. The number of hydrogen-bond acceptors (Lipinski definition) is 4. The van der Waals surface area contributed by atoms with Crippen LogP contribution >= 0.6 is 11.6 Å². The first-order valence-corrected chi connectivity index (χ1v) is 7.01. The van der Waals surface area contributed by atoms with Crippen LogP contribution in [0.5, 0.6) is 0 Å². The molecule has 1 saturated heterocycles. The van der Waals surface area contributed by atoms with E-state index in [4.69, 9.17) is 27.2 Å². The highest BCUT2D eigenvalue weighted by Gasteiger charge is 2.19. The molecule has 6 heteroatoms. The van der Waals surface area contributed by atoms with Crippen LogP contribution in [0.1, 0.15) is 17.0 Å². The molecule has 2 rings (SSSR count). The molecule has 5 nitrogen and oxygen atoms in total. The van der Waals surface area contributed by atoms with E-state index in [9.17, 15) is 4.79 Å². The summed E-state index contributed by atoms with van der Waals surface area (Å²) in [7, 11) is 0. The van der Waals surface area contributed by atoms with Gasteiger partial charge in [0.25, 0.3) is 0 Å². The summed E-state index contributed by atoms with van der Waals surface area (Å²) < 4.78 is 5.31. The number of carboxylic acid groups (broad SMARTS) is 1. The molecular formula is C14H19ClN2O3. The Balaban J connectivity index is 2.10. The van der Waals surface area contributed by atoms with E-state index in [2.05, 4.69) is 4.90 Å². The van der Waals surface area contributed by atoms with Crippen molar-refractivity contribution in [1.29, 1.82) is 0 Å². The summed E-state index contributed by atoms with van der Waals surface area (Å²) in [6, 6.07) is 5.40. The van der Waals surface area contributed by atoms with Crippen LogP contribution in [0.25, 0.3) is 0 Å². The van der Waals surface area contributed by atoms with E-state index in [-0.39, 0.29) is 6.54 Å². The highest BCUT2D eigenvalue weighted by atomic mass is 35.5. The Hall–Kier alpha value is -1.14. The third-order valence-corrected chi connectivity index (χ3v) is 3.86. The molecule has 0 spiro atoms. The number of nitrogens with two attached hydrogens (primary N) is 1. The number of carbonyl (C=O) groups is 1. The van der Waals surface area contributed by atoms with Gasteiger partial charge in [-0.3, -0.25) is 9.69 Å². The van der Waals surface area contributed by atoms with Gasteiger partial charge in [0.05, 0.1) is 19.1 Å². The van der Waals surface area contributed by atoms with Gasteiger partial charge in [-0.25, -0.2) is 0 Å². The molecule has 0 amide bonds. The molecule has 110 valence electrons. The van der Waals surface area contributed by atoms with Crippen molar-refractivity contribution in [3.05, 3.63) is 34.3 Å². The van der Waals surface area contributed by atoms with Gasteiger partial charge >= 0.3 is 5.97 Å². The van der Waals surface area contributed by atoms with Crippen LogP contribution in [0.3, 0.4) is 0 Å². The zero-order valence-corrected chi connectivity index (χ0v) is 12.0. The first-order chi connectivity index (χ1) is 9.61. The highest BCUT2D eigenvalue weighted by molar-refractivity contribution is 6.31. The molecule has 0 saturated carbocycles. The zero-order valence-electron chi connectivity index (χ0n) is 11.2. The first kappa shape index (κ1) is 15.3. The Morgan fingerprint density at radius 2 is 2.15 bits per heavy atom. The number of hydrogen-bond donors (Lipinski definition) is 2. The van der Waals surface area contributed by atoms with E-state index in [0.29, 0.717) is 10.6 Å². The fourth-order valence-electron chi connectivity index (χ4n) is 2.29. The first-order valence-electron chi connectivity index (χ1n) is 6.63. The maximum Gasteiger partial charge on any atom is 0.312 e. The number of halogens is 1. The van der Waals surface area contributed by atoms with Crippen LogP contribution in [0.2, 0.25) is 5.02 Å². The third kappa shape index (κ3) is 3.70. The SMILES string of the molecule is NCC(C(=O)O)c1ccc(CN2CCOCC2)c(Cl)c1. The topological polar surface area (TPSA) is 75.8 Å². The Morgan fingerprint density at radius 3 is 2.70 bits per heavy atom. The van der Waals surface area contributed by atoms with Crippen LogP contribution in [0.4, 0.5) is 0 Å². The standard InChI is InChI=1S/C14H19ClN2O3/c15-13-7-10(12(8-16)14(18)19)1-2-11(13)9-17-3-5-20-6-4-17/h1-2,7,12H,3-6,8-9,16H2,(H,18,19). The molecule has 1 aromatic carbocycles. The Bertz CT molecular complexity index is 475. The number of ether oxygens (including phenoxy) is 1. The minimum atomic E-state index is -0.926. The Kier molecular flexibility index (Phi) is 5.37. The van der Waals surface area contributed by atoms with Gasteiger partial charge in [-0.15, -0.1) is 0 Å². The normalized spacial score (nSPS) is 17.9. The molecule has 1 fully saturated rings. The molecule has 0 bridgehead atoms.